The van der Waals surface area contributed by atoms with E-state index in [4.69, 9.17) is 4.74 Å². The lowest BCUT2D eigenvalue weighted by Crippen LogP contribution is -2.35. The molecule has 128 valence electrons. The van der Waals surface area contributed by atoms with E-state index in [9.17, 15) is 5.26 Å². The van der Waals surface area contributed by atoms with Crippen LogP contribution in [-0.2, 0) is 17.6 Å². The summed E-state index contributed by atoms with van der Waals surface area (Å²) in [5.74, 6) is 0.709. The second-order valence-corrected chi connectivity index (χ2v) is 7.88. The standard InChI is InChI=1S/C21H28N2O/c1-15(2)4-5-16-6-7-17-13-21(10-8-18(24-3)9-11-21)20(23-14-22)19(17)12-16/h6-7,12,15,18H,4-5,8-11,13H2,1-3H3/b23-20+/t18-,21-. The first-order chi connectivity index (χ1) is 11.6. The molecular formula is C21H28N2O. The fourth-order valence-corrected chi connectivity index (χ4v) is 4.37. The average Bonchev–Trinajstić information content (AvgIpc) is 2.87. The number of nitrogens with zero attached hydrogens (tertiary/aromatic N) is 2. The lowest BCUT2D eigenvalue weighted by molar-refractivity contribution is 0.0468. The topological polar surface area (TPSA) is 45.4 Å². The summed E-state index contributed by atoms with van der Waals surface area (Å²) in [6.07, 6.45) is 10.0. The minimum absolute atomic E-state index is 0.0593. The normalized spacial score (nSPS) is 27.6. The van der Waals surface area contributed by atoms with Crippen molar-refractivity contribution in [2.75, 3.05) is 7.11 Å². The summed E-state index contributed by atoms with van der Waals surface area (Å²) in [5.41, 5.74) is 5.07. The van der Waals surface area contributed by atoms with Crippen molar-refractivity contribution in [3.05, 3.63) is 34.9 Å². The Morgan fingerprint density at radius 3 is 2.71 bits per heavy atom. The zero-order chi connectivity index (χ0) is 17.2. The molecule has 0 amide bonds. The summed E-state index contributed by atoms with van der Waals surface area (Å²) in [7, 11) is 1.80. The molecule has 0 unspecified atom stereocenters. The van der Waals surface area contributed by atoms with Gasteiger partial charge in [-0.2, -0.15) is 10.3 Å². The highest BCUT2D eigenvalue weighted by Crippen LogP contribution is 2.48. The maximum Gasteiger partial charge on any atom is 0.205 e. The molecule has 0 N–H and O–H groups in total. The number of aryl methyl sites for hydroxylation is 1. The second-order valence-electron chi connectivity index (χ2n) is 7.88. The molecule has 0 heterocycles. The fraction of sp³-hybridized carbons (Fsp3) is 0.619. The summed E-state index contributed by atoms with van der Waals surface area (Å²) in [4.78, 5) is 4.31. The number of nitriles is 1. The van der Waals surface area contributed by atoms with Gasteiger partial charge >= 0.3 is 0 Å². The van der Waals surface area contributed by atoms with Gasteiger partial charge in [0.25, 0.3) is 0 Å². The van der Waals surface area contributed by atoms with Crippen molar-refractivity contribution in [2.45, 2.75) is 64.9 Å². The van der Waals surface area contributed by atoms with Gasteiger partial charge in [-0.25, -0.2) is 0 Å². The molecule has 0 aromatic heterocycles. The second kappa shape index (κ2) is 7.07. The first-order valence-corrected chi connectivity index (χ1v) is 9.20. The van der Waals surface area contributed by atoms with E-state index in [1.165, 1.54) is 23.1 Å². The predicted molar refractivity (Wildman–Crippen MR) is 97.2 cm³/mol. The van der Waals surface area contributed by atoms with Crippen LogP contribution in [0.2, 0.25) is 0 Å². The third-order valence-electron chi connectivity index (χ3n) is 5.86. The molecule has 0 bridgehead atoms. The quantitative estimate of drug-likeness (QED) is 0.755. The molecule has 1 aromatic carbocycles. The van der Waals surface area contributed by atoms with E-state index in [2.05, 4.69) is 43.2 Å². The van der Waals surface area contributed by atoms with E-state index in [0.29, 0.717) is 12.0 Å². The highest BCUT2D eigenvalue weighted by atomic mass is 16.5. The molecule has 1 fully saturated rings. The highest BCUT2D eigenvalue weighted by molar-refractivity contribution is 6.09. The van der Waals surface area contributed by atoms with Crippen molar-refractivity contribution in [1.29, 1.82) is 5.26 Å². The number of hydrogen-bond donors (Lipinski definition) is 0. The Hall–Kier alpha value is -1.66. The van der Waals surface area contributed by atoms with Crippen molar-refractivity contribution in [2.24, 2.45) is 16.3 Å². The maximum atomic E-state index is 9.25. The van der Waals surface area contributed by atoms with E-state index in [1.54, 1.807) is 7.11 Å². The SMILES string of the molecule is CO[C@H]1CC[C@]2(CC1)Cc1ccc(CCC(C)C)cc1/C2=N\C#N. The predicted octanol–water partition coefficient (Wildman–Crippen LogP) is 4.68. The van der Waals surface area contributed by atoms with Gasteiger partial charge in [-0.05, 0) is 68.1 Å². The van der Waals surface area contributed by atoms with Crippen LogP contribution in [0.1, 0.15) is 62.6 Å². The number of ether oxygens (including phenoxy) is 1. The molecule has 0 radical (unpaired) electrons. The van der Waals surface area contributed by atoms with Gasteiger partial charge in [0.05, 0.1) is 11.8 Å². The number of benzene rings is 1. The Kier molecular flexibility index (Phi) is 5.06. The average molecular weight is 324 g/mol. The Balaban J connectivity index is 1.88. The van der Waals surface area contributed by atoms with E-state index < -0.39 is 0 Å². The van der Waals surface area contributed by atoms with Crippen LogP contribution in [0.5, 0.6) is 0 Å². The highest BCUT2D eigenvalue weighted by Gasteiger charge is 2.45. The van der Waals surface area contributed by atoms with Gasteiger partial charge < -0.3 is 4.74 Å². The van der Waals surface area contributed by atoms with Crippen LogP contribution in [0.15, 0.2) is 23.2 Å². The van der Waals surface area contributed by atoms with Crippen LogP contribution >= 0.6 is 0 Å². The van der Waals surface area contributed by atoms with Crippen LogP contribution in [0.3, 0.4) is 0 Å². The summed E-state index contributed by atoms with van der Waals surface area (Å²) in [5, 5.41) is 9.25. The van der Waals surface area contributed by atoms with Gasteiger partial charge in [-0.1, -0.05) is 26.0 Å². The van der Waals surface area contributed by atoms with Crippen molar-refractivity contribution in [3.63, 3.8) is 0 Å². The van der Waals surface area contributed by atoms with Crippen LogP contribution in [0.25, 0.3) is 0 Å². The molecule has 3 heteroatoms. The van der Waals surface area contributed by atoms with Crippen molar-refractivity contribution in [1.82, 2.24) is 0 Å². The van der Waals surface area contributed by atoms with Crippen LogP contribution < -0.4 is 0 Å². The zero-order valence-electron chi connectivity index (χ0n) is 15.1. The molecule has 0 atom stereocenters. The van der Waals surface area contributed by atoms with Gasteiger partial charge in [0, 0.05) is 18.1 Å². The lowest BCUT2D eigenvalue weighted by atomic mass is 9.70. The first-order valence-electron chi connectivity index (χ1n) is 9.20. The molecule has 1 aromatic rings. The molecule has 2 aliphatic rings. The summed E-state index contributed by atoms with van der Waals surface area (Å²) in [6, 6.07) is 6.84. The molecule has 0 saturated heterocycles. The smallest absolute Gasteiger partial charge is 0.205 e. The summed E-state index contributed by atoms with van der Waals surface area (Å²) >= 11 is 0. The molecule has 3 nitrogen and oxygen atoms in total. The van der Waals surface area contributed by atoms with Crippen LogP contribution in [-0.4, -0.2) is 18.9 Å². The Bertz CT molecular complexity index is 661. The third kappa shape index (κ3) is 3.26. The molecule has 3 rings (SSSR count). The van der Waals surface area contributed by atoms with Gasteiger partial charge in [0.1, 0.15) is 0 Å². The van der Waals surface area contributed by atoms with Crippen molar-refractivity contribution in [3.8, 4) is 6.19 Å². The Morgan fingerprint density at radius 1 is 1.33 bits per heavy atom. The van der Waals surface area contributed by atoms with Crippen LogP contribution in [0.4, 0.5) is 0 Å². The fourth-order valence-electron chi connectivity index (χ4n) is 4.37. The van der Waals surface area contributed by atoms with Crippen LogP contribution in [0, 0.1) is 22.8 Å². The molecular weight excluding hydrogens is 296 g/mol. The molecule has 1 saturated carbocycles. The Labute approximate surface area is 145 Å². The molecule has 24 heavy (non-hydrogen) atoms. The molecule has 2 aliphatic carbocycles. The molecule has 1 spiro atoms. The zero-order valence-corrected chi connectivity index (χ0v) is 15.1. The number of methoxy groups -OCH3 is 1. The first kappa shape index (κ1) is 17.2. The van der Waals surface area contributed by atoms with Crippen molar-refractivity contribution < 1.29 is 4.74 Å². The summed E-state index contributed by atoms with van der Waals surface area (Å²) < 4.78 is 5.53. The third-order valence-corrected chi connectivity index (χ3v) is 5.86. The number of aliphatic imine (C=N–C) groups is 1. The van der Waals surface area contributed by atoms with E-state index >= 15 is 0 Å². The minimum Gasteiger partial charge on any atom is -0.381 e. The van der Waals surface area contributed by atoms with E-state index in [0.717, 1.165) is 44.2 Å². The number of hydrogen-bond acceptors (Lipinski definition) is 3. The van der Waals surface area contributed by atoms with E-state index in [-0.39, 0.29) is 5.41 Å². The summed E-state index contributed by atoms with van der Waals surface area (Å²) in [6.45, 7) is 4.53. The van der Waals surface area contributed by atoms with E-state index in [1.807, 2.05) is 0 Å². The number of fused-ring (bicyclic) bond motifs is 1. The lowest BCUT2D eigenvalue weighted by Gasteiger charge is -2.36. The number of rotatable bonds is 4. The largest absolute Gasteiger partial charge is 0.381 e. The van der Waals surface area contributed by atoms with Gasteiger partial charge in [0.2, 0.25) is 6.19 Å². The molecule has 0 aliphatic heterocycles. The Morgan fingerprint density at radius 2 is 2.08 bits per heavy atom. The maximum absolute atomic E-state index is 9.25. The van der Waals surface area contributed by atoms with Gasteiger partial charge in [0.15, 0.2) is 0 Å². The monoisotopic (exact) mass is 324 g/mol. The minimum atomic E-state index is 0.0593. The van der Waals surface area contributed by atoms with Crippen molar-refractivity contribution >= 4 is 5.71 Å². The van der Waals surface area contributed by atoms with Gasteiger partial charge in [-0.15, -0.1) is 0 Å². The van der Waals surface area contributed by atoms with Gasteiger partial charge in [-0.3, -0.25) is 0 Å².